The fourth-order valence-corrected chi connectivity index (χ4v) is 9.02. The quantitative estimate of drug-likeness (QED) is 0.454. The van der Waals surface area contributed by atoms with Crippen molar-refractivity contribution in [2.24, 2.45) is 52.3 Å². The molecule has 9 atom stereocenters. The number of fused-ring (bicyclic) bond motifs is 5. The first kappa shape index (κ1) is 23.5. The molecule has 0 aliphatic heterocycles. The van der Waals surface area contributed by atoms with Crippen molar-refractivity contribution in [2.45, 2.75) is 112 Å². The van der Waals surface area contributed by atoms with Gasteiger partial charge in [0, 0.05) is 12.3 Å². The van der Waals surface area contributed by atoms with Crippen LogP contribution < -0.4 is 0 Å². The van der Waals surface area contributed by atoms with E-state index in [2.05, 4.69) is 47.6 Å². The summed E-state index contributed by atoms with van der Waals surface area (Å²) in [5.74, 6) is 4.81. The van der Waals surface area contributed by atoms with E-state index in [1.165, 1.54) is 32.1 Å². The Balaban J connectivity index is 1.51. The second-order valence-electron chi connectivity index (χ2n) is 12.8. The van der Waals surface area contributed by atoms with E-state index in [0.29, 0.717) is 34.4 Å². The molecule has 2 heteroatoms. The molecule has 2 nitrogen and oxygen atoms in total. The predicted octanol–water partition coefficient (Wildman–Crippen LogP) is 7.20. The molecule has 1 N–H and O–H groups in total. The molecule has 3 saturated carbocycles. The largest absolute Gasteiger partial charge is 0.393 e. The third-order valence-corrected chi connectivity index (χ3v) is 11.2. The predicted molar refractivity (Wildman–Crippen MR) is 129 cm³/mol. The number of hydrogen-bond donors (Lipinski definition) is 1. The summed E-state index contributed by atoms with van der Waals surface area (Å²) in [6.45, 7) is 14.1. The van der Waals surface area contributed by atoms with Crippen LogP contribution in [0.2, 0.25) is 0 Å². The fourth-order valence-electron chi connectivity index (χ4n) is 9.02. The lowest BCUT2D eigenvalue weighted by atomic mass is 9.47. The number of aliphatic hydroxyl groups excluding tert-OH is 1. The Bertz CT molecular complexity index is 708. The zero-order valence-electron chi connectivity index (χ0n) is 21.1. The standard InChI is InChI=1S/C29H48O2/c1-7-20(18(2)3)16-27(31)19(4)24-10-11-25-23-9-8-21-17-22(30)12-14-28(21,5)26(23)13-15-29(24,25)6/h8,18-20,22-26,30H,7,9-17H2,1-6H3/t19-,20+,22-,23?,24?,25?,26?,28-,29+/m0/s1. The van der Waals surface area contributed by atoms with Crippen molar-refractivity contribution >= 4 is 5.78 Å². The number of allylic oxidation sites excluding steroid dienone is 1. The zero-order chi connectivity index (χ0) is 22.6. The van der Waals surface area contributed by atoms with Crippen molar-refractivity contribution in [3.8, 4) is 0 Å². The molecule has 0 amide bonds. The van der Waals surface area contributed by atoms with Gasteiger partial charge in [-0.1, -0.05) is 59.6 Å². The van der Waals surface area contributed by atoms with Crippen molar-refractivity contribution in [2.75, 3.05) is 0 Å². The van der Waals surface area contributed by atoms with Gasteiger partial charge in [0.25, 0.3) is 0 Å². The average molecular weight is 429 g/mol. The SMILES string of the molecule is CC[C@H](CC(=O)[C@@H](C)C1CCC2C3CC=C4C[C@@H](O)CC[C@]4(C)C3CC[C@@]21C)C(C)C. The maximum atomic E-state index is 13.3. The van der Waals surface area contributed by atoms with Crippen LogP contribution in [0.3, 0.4) is 0 Å². The molecule has 0 radical (unpaired) electrons. The monoisotopic (exact) mass is 428 g/mol. The van der Waals surface area contributed by atoms with Crippen molar-refractivity contribution in [1.82, 2.24) is 0 Å². The maximum Gasteiger partial charge on any atom is 0.136 e. The van der Waals surface area contributed by atoms with Crippen LogP contribution in [0.4, 0.5) is 0 Å². The first-order valence-electron chi connectivity index (χ1n) is 13.5. The summed E-state index contributed by atoms with van der Waals surface area (Å²) < 4.78 is 0. The van der Waals surface area contributed by atoms with Gasteiger partial charge in [-0.25, -0.2) is 0 Å². The van der Waals surface area contributed by atoms with Crippen LogP contribution in [0.5, 0.6) is 0 Å². The number of hydrogen-bond acceptors (Lipinski definition) is 2. The van der Waals surface area contributed by atoms with Gasteiger partial charge in [-0.05, 0) is 97.7 Å². The van der Waals surface area contributed by atoms with Gasteiger partial charge in [0.1, 0.15) is 5.78 Å². The van der Waals surface area contributed by atoms with Crippen LogP contribution in [-0.4, -0.2) is 17.0 Å². The summed E-state index contributed by atoms with van der Waals surface area (Å²) in [4.78, 5) is 13.3. The first-order chi connectivity index (χ1) is 14.6. The number of Topliss-reactive ketones (excluding diaryl/α,β-unsaturated/α-hetero) is 1. The van der Waals surface area contributed by atoms with E-state index >= 15 is 0 Å². The summed E-state index contributed by atoms with van der Waals surface area (Å²) in [5, 5.41) is 10.2. The Hall–Kier alpha value is -0.630. The van der Waals surface area contributed by atoms with Gasteiger partial charge in [0.2, 0.25) is 0 Å². The molecule has 0 aromatic rings. The molecule has 0 aromatic carbocycles. The highest BCUT2D eigenvalue weighted by Crippen LogP contribution is 2.67. The lowest BCUT2D eigenvalue weighted by Crippen LogP contribution is -2.51. The van der Waals surface area contributed by atoms with E-state index in [9.17, 15) is 9.90 Å². The number of rotatable bonds is 6. The summed E-state index contributed by atoms with van der Waals surface area (Å²) >= 11 is 0. The Kier molecular flexibility index (Phi) is 6.54. The van der Waals surface area contributed by atoms with E-state index in [4.69, 9.17) is 0 Å². The van der Waals surface area contributed by atoms with Gasteiger partial charge in [-0.2, -0.15) is 0 Å². The van der Waals surface area contributed by atoms with Crippen LogP contribution in [0, 0.1) is 52.3 Å². The van der Waals surface area contributed by atoms with Gasteiger partial charge in [-0.3, -0.25) is 4.79 Å². The summed E-state index contributed by atoms with van der Waals surface area (Å²) in [6, 6.07) is 0. The number of carbonyl (C=O) groups is 1. The van der Waals surface area contributed by atoms with Crippen LogP contribution in [0.15, 0.2) is 11.6 Å². The topological polar surface area (TPSA) is 37.3 Å². The molecule has 0 spiro atoms. The molecule has 3 fully saturated rings. The maximum absolute atomic E-state index is 13.3. The van der Waals surface area contributed by atoms with E-state index in [-0.39, 0.29) is 12.0 Å². The van der Waals surface area contributed by atoms with Gasteiger partial charge < -0.3 is 5.11 Å². The van der Waals surface area contributed by atoms with Crippen LogP contribution in [0.1, 0.15) is 106 Å². The van der Waals surface area contributed by atoms with Crippen LogP contribution in [0.25, 0.3) is 0 Å². The average Bonchev–Trinajstić information content (AvgIpc) is 3.08. The Morgan fingerprint density at radius 2 is 1.84 bits per heavy atom. The number of ketones is 1. The van der Waals surface area contributed by atoms with Gasteiger partial charge in [0.05, 0.1) is 6.10 Å². The lowest BCUT2D eigenvalue weighted by molar-refractivity contribution is -0.128. The molecule has 0 bridgehead atoms. The minimum absolute atomic E-state index is 0.120. The van der Waals surface area contributed by atoms with Crippen molar-refractivity contribution in [3.05, 3.63) is 11.6 Å². The molecule has 176 valence electrons. The summed E-state index contributed by atoms with van der Waals surface area (Å²) in [7, 11) is 0. The van der Waals surface area contributed by atoms with E-state index in [1.807, 2.05) is 0 Å². The lowest BCUT2D eigenvalue weighted by Gasteiger charge is -2.58. The second kappa shape index (κ2) is 8.62. The molecular weight excluding hydrogens is 380 g/mol. The molecule has 4 aliphatic rings. The third kappa shape index (κ3) is 3.87. The Morgan fingerprint density at radius 3 is 2.52 bits per heavy atom. The van der Waals surface area contributed by atoms with Gasteiger partial charge in [0.15, 0.2) is 0 Å². The summed E-state index contributed by atoms with van der Waals surface area (Å²) in [5.41, 5.74) is 2.22. The molecule has 31 heavy (non-hydrogen) atoms. The molecule has 4 unspecified atom stereocenters. The molecule has 0 saturated heterocycles. The molecule has 0 heterocycles. The van der Waals surface area contributed by atoms with Gasteiger partial charge >= 0.3 is 0 Å². The molecule has 4 rings (SSSR count). The molecule has 4 aliphatic carbocycles. The highest BCUT2D eigenvalue weighted by molar-refractivity contribution is 5.81. The fraction of sp³-hybridized carbons (Fsp3) is 0.897. The van der Waals surface area contributed by atoms with Crippen LogP contribution >= 0.6 is 0 Å². The highest BCUT2D eigenvalue weighted by atomic mass is 16.3. The molecule has 0 aromatic heterocycles. The Morgan fingerprint density at radius 1 is 1.10 bits per heavy atom. The van der Waals surface area contributed by atoms with Crippen molar-refractivity contribution in [1.29, 1.82) is 0 Å². The van der Waals surface area contributed by atoms with E-state index in [0.717, 1.165) is 49.9 Å². The van der Waals surface area contributed by atoms with E-state index in [1.54, 1.807) is 5.57 Å². The zero-order valence-corrected chi connectivity index (χ0v) is 21.1. The highest BCUT2D eigenvalue weighted by Gasteiger charge is 2.59. The van der Waals surface area contributed by atoms with Crippen LogP contribution in [-0.2, 0) is 4.79 Å². The molecular formula is C29H48O2. The van der Waals surface area contributed by atoms with Gasteiger partial charge in [-0.15, -0.1) is 0 Å². The smallest absolute Gasteiger partial charge is 0.136 e. The van der Waals surface area contributed by atoms with Crippen molar-refractivity contribution < 1.29 is 9.90 Å². The van der Waals surface area contributed by atoms with E-state index < -0.39 is 0 Å². The number of carbonyl (C=O) groups excluding carboxylic acids is 1. The minimum atomic E-state index is -0.120. The minimum Gasteiger partial charge on any atom is -0.393 e. The Labute approximate surface area is 191 Å². The third-order valence-electron chi connectivity index (χ3n) is 11.2. The van der Waals surface area contributed by atoms with Crippen molar-refractivity contribution in [3.63, 3.8) is 0 Å². The second-order valence-corrected chi connectivity index (χ2v) is 12.8. The first-order valence-corrected chi connectivity index (χ1v) is 13.5. The summed E-state index contributed by atoms with van der Waals surface area (Å²) in [6.07, 6.45) is 13.8. The number of aliphatic hydroxyl groups is 1. The normalized spacial score (nSPS) is 44.1.